The fourth-order valence-corrected chi connectivity index (χ4v) is 5.86. The summed E-state index contributed by atoms with van der Waals surface area (Å²) in [6, 6.07) is 7.12. The highest BCUT2D eigenvalue weighted by Gasteiger charge is 2.37. The van der Waals surface area contributed by atoms with Crippen LogP contribution in [-0.4, -0.2) is 30.0 Å². The van der Waals surface area contributed by atoms with Gasteiger partial charge in [0.1, 0.15) is 10.8 Å². The zero-order chi connectivity index (χ0) is 22.0. The standard InChI is InChI=1S/C23H26N2O5S/c1-30-14-7-4-6-13(12-14)24-21(27)19-17-10-5-11-18(17)31-22(19)25-20(26)15-8-2-3-9-16(15)23(28)29/h4,6-7,12,15-16H,2-3,5,8-11H2,1H3,(H,24,27)(H,25,26)(H,28,29)/t15-,16-/m1/s1. The molecule has 0 spiro atoms. The van der Waals surface area contributed by atoms with Gasteiger partial charge in [-0.15, -0.1) is 11.3 Å². The fourth-order valence-electron chi connectivity index (χ4n) is 4.57. The number of anilines is 2. The van der Waals surface area contributed by atoms with Crippen LogP contribution in [0.4, 0.5) is 10.7 Å². The second-order valence-corrected chi connectivity index (χ2v) is 9.18. The van der Waals surface area contributed by atoms with E-state index in [0.717, 1.165) is 42.5 Å². The number of ether oxygens (including phenoxy) is 1. The predicted molar refractivity (Wildman–Crippen MR) is 119 cm³/mol. The third kappa shape index (κ3) is 4.44. The van der Waals surface area contributed by atoms with Crippen LogP contribution in [0.25, 0.3) is 0 Å². The number of carboxylic acid groups (broad SMARTS) is 1. The van der Waals surface area contributed by atoms with Gasteiger partial charge < -0.3 is 20.5 Å². The van der Waals surface area contributed by atoms with Crippen molar-refractivity contribution in [3.8, 4) is 5.75 Å². The molecule has 2 atom stereocenters. The minimum Gasteiger partial charge on any atom is -0.497 e. The Morgan fingerprint density at radius 1 is 1.06 bits per heavy atom. The van der Waals surface area contributed by atoms with Crippen LogP contribution in [0.15, 0.2) is 24.3 Å². The molecule has 0 unspecified atom stereocenters. The third-order valence-corrected chi connectivity index (χ3v) is 7.34. The monoisotopic (exact) mass is 442 g/mol. The molecule has 2 aromatic rings. The minimum atomic E-state index is -0.926. The van der Waals surface area contributed by atoms with E-state index in [0.29, 0.717) is 34.8 Å². The van der Waals surface area contributed by atoms with Gasteiger partial charge in [-0.25, -0.2) is 0 Å². The summed E-state index contributed by atoms with van der Waals surface area (Å²) < 4.78 is 5.22. The lowest BCUT2D eigenvalue weighted by atomic mass is 9.79. The number of carbonyl (C=O) groups excluding carboxylic acids is 2. The normalized spacial score (nSPS) is 20.0. The first-order valence-electron chi connectivity index (χ1n) is 10.6. The Hall–Kier alpha value is -2.87. The summed E-state index contributed by atoms with van der Waals surface area (Å²) in [6.07, 6.45) is 5.39. The number of thiophene rings is 1. The molecule has 4 rings (SSSR count). The highest BCUT2D eigenvalue weighted by Crippen LogP contribution is 2.40. The Balaban J connectivity index is 1.58. The van der Waals surface area contributed by atoms with Crippen LogP contribution in [0, 0.1) is 11.8 Å². The van der Waals surface area contributed by atoms with Crippen molar-refractivity contribution in [3.05, 3.63) is 40.3 Å². The zero-order valence-corrected chi connectivity index (χ0v) is 18.2. The van der Waals surface area contributed by atoms with Crippen molar-refractivity contribution in [2.45, 2.75) is 44.9 Å². The molecule has 0 aliphatic heterocycles. The summed E-state index contributed by atoms with van der Waals surface area (Å²) in [6.45, 7) is 0. The van der Waals surface area contributed by atoms with Gasteiger partial charge in [0.2, 0.25) is 5.91 Å². The summed E-state index contributed by atoms with van der Waals surface area (Å²) in [5.74, 6) is -2.11. The molecule has 1 aromatic carbocycles. The van der Waals surface area contributed by atoms with E-state index in [1.54, 1.807) is 31.4 Å². The maximum absolute atomic E-state index is 13.2. The molecule has 1 saturated carbocycles. The average molecular weight is 443 g/mol. The second kappa shape index (κ2) is 9.09. The summed E-state index contributed by atoms with van der Waals surface area (Å²) in [4.78, 5) is 38.9. The van der Waals surface area contributed by atoms with E-state index in [1.807, 2.05) is 0 Å². The first-order valence-corrected chi connectivity index (χ1v) is 11.4. The van der Waals surface area contributed by atoms with E-state index in [2.05, 4.69) is 10.6 Å². The fraction of sp³-hybridized carbons (Fsp3) is 0.435. The molecule has 3 N–H and O–H groups in total. The minimum absolute atomic E-state index is 0.276. The molecule has 8 heteroatoms. The number of benzene rings is 1. The molecule has 1 aromatic heterocycles. The number of fused-ring (bicyclic) bond motifs is 1. The number of methoxy groups -OCH3 is 1. The summed E-state index contributed by atoms with van der Waals surface area (Å²) in [5.41, 5.74) is 2.09. The number of carboxylic acids is 1. The Bertz CT molecular complexity index is 1020. The number of aryl methyl sites for hydroxylation is 1. The van der Waals surface area contributed by atoms with Crippen molar-refractivity contribution in [1.82, 2.24) is 0 Å². The van der Waals surface area contributed by atoms with E-state index in [4.69, 9.17) is 4.74 Å². The van der Waals surface area contributed by atoms with Gasteiger partial charge in [-0.1, -0.05) is 18.9 Å². The van der Waals surface area contributed by atoms with Crippen molar-refractivity contribution in [1.29, 1.82) is 0 Å². The van der Waals surface area contributed by atoms with Crippen LogP contribution in [-0.2, 0) is 22.4 Å². The topological polar surface area (TPSA) is 105 Å². The molecule has 0 radical (unpaired) electrons. The van der Waals surface area contributed by atoms with Gasteiger partial charge in [0.25, 0.3) is 5.91 Å². The van der Waals surface area contributed by atoms with Gasteiger partial charge in [0.05, 0.1) is 24.5 Å². The van der Waals surface area contributed by atoms with Crippen LogP contribution in [0.3, 0.4) is 0 Å². The highest BCUT2D eigenvalue weighted by atomic mass is 32.1. The molecule has 7 nitrogen and oxygen atoms in total. The SMILES string of the molecule is COc1cccc(NC(=O)c2c(NC(=O)[C@@H]3CCCC[C@H]3C(=O)O)sc3c2CCC3)c1. The molecule has 1 heterocycles. The lowest BCUT2D eigenvalue weighted by molar-refractivity contribution is -0.147. The quantitative estimate of drug-likeness (QED) is 0.618. The molecule has 0 saturated heterocycles. The summed E-state index contributed by atoms with van der Waals surface area (Å²) in [5, 5.41) is 15.9. The van der Waals surface area contributed by atoms with Crippen LogP contribution in [0.2, 0.25) is 0 Å². The first kappa shape index (κ1) is 21.4. The van der Waals surface area contributed by atoms with Crippen molar-refractivity contribution in [2.75, 3.05) is 17.7 Å². The molecule has 2 amide bonds. The first-order chi connectivity index (χ1) is 15.0. The second-order valence-electron chi connectivity index (χ2n) is 8.07. The molecule has 0 bridgehead atoms. The van der Waals surface area contributed by atoms with E-state index < -0.39 is 17.8 Å². The van der Waals surface area contributed by atoms with Crippen LogP contribution in [0.1, 0.15) is 52.9 Å². The van der Waals surface area contributed by atoms with Gasteiger partial charge in [-0.2, -0.15) is 0 Å². The lowest BCUT2D eigenvalue weighted by Gasteiger charge is -2.27. The molecule has 2 aliphatic carbocycles. The van der Waals surface area contributed by atoms with E-state index >= 15 is 0 Å². The van der Waals surface area contributed by atoms with Crippen LogP contribution in [0.5, 0.6) is 5.75 Å². The Labute approximate surface area is 184 Å². The molecule has 1 fully saturated rings. The summed E-state index contributed by atoms with van der Waals surface area (Å²) in [7, 11) is 1.57. The Kier molecular flexibility index (Phi) is 6.27. The summed E-state index contributed by atoms with van der Waals surface area (Å²) >= 11 is 1.43. The van der Waals surface area contributed by atoms with Crippen LogP contribution < -0.4 is 15.4 Å². The number of amides is 2. The van der Waals surface area contributed by atoms with Crippen molar-refractivity contribution >= 4 is 39.8 Å². The molecule has 164 valence electrons. The van der Waals surface area contributed by atoms with Gasteiger partial charge in [0, 0.05) is 16.6 Å². The number of carbonyl (C=O) groups is 3. The van der Waals surface area contributed by atoms with Crippen LogP contribution >= 0.6 is 11.3 Å². The number of hydrogen-bond acceptors (Lipinski definition) is 5. The molecular formula is C23H26N2O5S. The predicted octanol–water partition coefficient (Wildman–Crippen LogP) is 4.33. The molecule has 2 aliphatic rings. The van der Waals surface area contributed by atoms with Crippen molar-refractivity contribution < 1.29 is 24.2 Å². The van der Waals surface area contributed by atoms with Gasteiger partial charge >= 0.3 is 5.97 Å². The zero-order valence-electron chi connectivity index (χ0n) is 17.4. The van der Waals surface area contributed by atoms with E-state index in [9.17, 15) is 19.5 Å². The number of rotatable bonds is 6. The van der Waals surface area contributed by atoms with Gasteiger partial charge in [-0.3, -0.25) is 14.4 Å². The third-order valence-electron chi connectivity index (χ3n) is 6.13. The number of nitrogens with one attached hydrogen (secondary N) is 2. The maximum atomic E-state index is 13.2. The average Bonchev–Trinajstić information content (AvgIpc) is 3.34. The highest BCUT2D eigenvalue weighted by molar-refractivity contribution is 7.17. The van der Waals surface area contributed by atoms with E-state index in [1.165, 1.54) is 11.3 Å². The number of aliphatic carboxylic acids is 1. The largest absolute Gasteiger partial charge is 0.497 e. The van der Waals surface area contributed by atoms with E-state index in [-0.39, 0.29) is 11.8 Å². The molecular weight excluding hydrogens is 416 g/mol. The lowest BCUT2D eigenvalue weighted by Crippen LogP contribution is -2.36. The van der Waals surface area contributed by atoms with Crippen molar-refractivity contribution in [2.24, 2.45) is 11.8 Å². The molecule has 31 heavy (non-hydrogen) atoms. The maximum Gasteiger partial charge on any atom is 0.307 e. The number of hydrogen-bond donors (Lipinski definition) is 3. The Morgan fingerprint density at radius 3 is 2.58 bits per heavy atom. The smallest absolute Gasteiger partial charge is 0.307 e. The van der Waals surface area contributed by atoms with Gasteiger partial charge in [0.15, 0.2) is 0 Å². The van der Waals surface area contributed by atoms with Gasteiger partial charge in [-0.05, 0) is 49.8 Å². The Morgan fingerprint density at radius 2 is 1.84 bits per heavy atom. The van der Waals surface area contributed by atoms with Crippen molar-refractivity contribution in [3.63, 3.8) is 0 Å².